The van der Waals surface area contributed by atoms with E-state index in [4.69, 9.17) is 4.74 Å². The van der Waals surface area contributed by atoms with Crippen molar-refractivity contribution in [2.45, 2.75) is 33.1 Å². The van der Waals surface area contributed by atoms with Crippen LogP contribution in [0.1, 0.15) is 39.9 Å². The second-order valence-electron chi connectivity index (χ2n) is 5.42. The Morgan fingerprint density at radius 3 is 2.48 bits per heavy atom. The van der Waals surface area contributed by atoms with Crippen LogP contribution in [0.15, 0.2) is 42.5 Å². The Morgan fingerprint density at radius 2 is 1.81 bits per heavy atom. The van der Waals surface area contributed by atoms with E-state index in [1.807, 2.05) is 44.2 Å². The summed E-state index contributed by atoms with van der Waals surface area (Å²) in [7, 11) is 1.62. The van der Waals surface area contributed by atoms with Crippen LogP contribution in [0.25, 0.3) is 0 Å². The molecular weight excluding hydrogens is 260 g/mol. The van der Waals surface area contributed by atoms with Gasteiger partial charge in [0.1, 0.15) is 5.75 Å². The molecule has 0 aliphatic heterocycles. The average Bonchev–Trinajstić information content (AvgIpc) is 2.47. The molecule has 0 saturated carbocycles. The number of ether oxygens (including phenoxy) is 1. The Bertz CT molecular complexity index is 615. The van der Waals surface area contributed by atoms with Gasteiger partial charge in [0, 0.05) is 6.42 Å². The number of Topliss-reactive ketones (excluding diaryl/α,β-unsaturated/α-hetero) is 1. The second-order valence-corrected chi connectivity index (χ2v) is 5.42. The van der Waals surface area contributed by atoms with Gasteiger partial charge in [0.25, 0.3) is 0 Å². The second kappa shape index (κ2) is 7.07. The normalized spacial score (nSPS) is 10.4. The fourth-order valence-electron chi connectivity index (χ4n) is 2.67. The molecule has 0 N–H and O–H groups in total. The molecule has 2 aromatic rings. The number of aryl methyl sites for hydroxylation is 3. The molecule has 2 aromatic carbocycles. The van der Waals surface area contributed by atoms with Crippen LogP contribution in [0.4, 0.5) is 0 Å². The molecule has 0 aromatic heterocycles. The van der Waals surface area contributed by atoms with Crippen molar-refractivity contribution >= 4 is 5.78 Å². The maximum absolute atomic E-state index is 12.5. The zero-order chi connectivity index (χ0) is 15.2. The van der Waals surface area contributed by atoms with Crippen molar-refractivity contribution in [2.24, 2.45) is 0 Å². The Hall–Kier alpha value is -2.09. The van der Waals surface area contributed by atoms with E-state index in [0.29, 0.717) is 12.2 Å². The molecule has 0 unspecified atom stereocenters. The van der Waals surface area contributed by atoms with Crippen molar-refractivity contribution in [3.8, 4) is 5.75 Å². The highest BCUT2D eigenvalue weighted by Crippen LogP contribution is 2.26. The number of benzene rings is 2. The third kappa shape index (κ3) is 3.94. The number of hydrogen-bond acceptors (Lipinski definition) is 2. The zero-order valence-corrected chi connectivity index (χ0v) is 13.0. The maximum Gasteiger partial charge on any atom is 0.166 e. The van der Waals surface area contributed by atoms with Crippen LogP contribution in [0.5, 0.6) is 5.75 Å². The van der Waals surface area contributed by atoms with Crippen LogP contribution < -0.4 is 4.74 Å². The minimum absolute atomic E-state index is 0.167. The summed E-state index contributed by atoms with van der Waals surface area (Å²) in [5.41, 5.74) is 4.12. The number of carbonyl (C=O) groups excluding carboxylic acids is 1. The number of carbonyl (C=O) groups is 1. The smallest absolute Gasteiger partial charge is 0.166 e. The van der Waals surface area contributed by atoms with Gasteiger partial charge in [-0.15, -0.1) is 0 Å². The Labute approximate surface area is 126 Å². The Morgan fingerprint density at radius 1 is 1.10 bits per heavy atom. The lowest BCUT2D eigenvalue weighted by molar-refractivity contribution is 0.0976. The molecule has 2 rings (SSSR count). The highest BCUT2D eigenvalue weighted by molar-refractivity contribution is 6.00. The van der Waals surface area contributed by atoms with Crippen molar-refractivity contribution in [2.75, 3.05) is 7.11 Å². The van der Waals surface area contributed by atoms with E-state index in [0.717, 1.165) is 29.5 Å². The molecule has 0 aliphatic carbocycles. The number of ketones is 1. The van der Waals surface area contributed by atoms with Crippen molar-refractivity contribution in [3.05, 3.63) is 64.7 Å². The third-order valence-electron chi connectivity index (χ3n) is 3.65. The minimum Gasteiger partial charge on any atom is -0.496 e. The first-order chi connectivity index (χ1) is 10.1. The Balaban J connectivity index is 2.04. The summed E-state index contributed by atoms with van der Waals surface area (Å²) < 4.78 is 5.37. The number of methoxy groups -OCH3 is 1. The monoisotopic (exact) mass is 282 g/mol. The molecular formula is C19H22O2. The largest absolute Gasteiger partial charge is 0.496 e. The van der Waals surface area contributed by atoms with Gasteiger partial charge >= 0.3 is 0 Å². The van der Waals surface area contributed by atoms with E-state index < -0.39 is 0 Å². The molecule has 0 radical (unpaired) electrons. The van der Waals surface area contributed by atoms with E-state index in [1.54, 1.807) is 7.11 Å². The van der Waals surface area contributed by atoms with E-state index >= 15 is 0 Å². The predicted molar refractivity (Wildman–Crippen MR) is 86.2 cm³/mol. The summed E-state index contributed by atoms with van der Waals surface area (Å²) in [6, 6.07) is 14.2. The summed E-state index contributed by atoms with van der Waals surface area (Å²) >= 11 is 0. The van der Waals surface area contributed by atoms with Gasteiger partial charge in [-0.05, 0) is 49.4 Å². The van der Waals surface area contributed by atoms with Gasteiger partial charge in [-0.1, -0.05) is 36.4 Å². The van der Waals surface area contributed by atoms with E-state index in [9.17, 15) is 4.79 Å². The van der Waals surface area contributed by atoms with Crippen molar-refractivity contribution in [3.63, 3.8) is 0 Å². The summed E-state index contributed by atoms with van der Waals surface area (Å²) in [4.78, 5) is 12.5. The van der Waals surface area contributed by atoms with E-state index in [2.05, 4.69) is 12.1 Å². The lowest BCUT2D eigenvalue weighted by Crippen LogP contribution is -2.06. The van der Waals surface area contributed by atoms with E-state index in [1.165, 1.54) is 5.56 Å². The van der Waals surface area contributed by atoms with E-state index in [-0.39, 0.29) is 5.78 Å². The quantitative estimate of drug-likeness (QED) is 0.728. The first kappa shape index (κ1) is 15.3. The van der Waals surface area contributed by atoms with Crippen LogP contribution in [-0.4, -0.2) is 12.9 Å². The van der Waals surface area contributed by atoms with Gasteiger partial charge < -0.3 is 4.74 Å². The molecule has 110 valence electrons. The molecule has 2 heteroatoms. The van der Waals surface area contributed by atoms with Crippen molar-refractivity contribution < 1.29 is 9.53 Å². The molecule has 0 bridgehead atoms. The molecule has 0 atom stereocenters. The fourth-order valence-corrected chi connectivity index (χ4v) is 2.67. The highest BCUT2D eigenvalue weighted by Gasteiger charge is 2.15. The summed E-state index contributed by atoms with van der Waals surface area (Å²) in [6.07, 6.45) is 2.34. The molecule has 0 heterocycles. The van der Waals surface area contributed by atoms with Gasteiger partial charge in [0.2, 0.25) is 0 Å². The molecule has 0 amide bonds. The number of rotatable bonds is 6. The standard InChI is InChI=1S/C19H22O2/c1-14-12-15(2)19(18(13-14)21-3)17(20)11-7-10-16-8-5-4-6-9-16/h4-6,8-9,12-13H,7,10-11H2,1-3H3. The first-order valence-electron chi connectivity index (χ1n) is 7.34. The fraction of sp³-hybridized carbons (Fsp3) is 0.316. The maximum atomic E-state index is 12.5. The van der Waals surface area contributed by atoms with Gasteiger partial charge in [-0.3, -0.25) is 4.79 Å². The topological polar surface area (TPSA) is 26.3 Å². The molecule has 0 saturated heterocycles. The van der Waals surface area contributed by atoms with Crippen LogP contribution in [0.2, 0.25) is 0 Å². The van der Waals surface area contributed by atoms with Gasteiger partial charge in [-0.25, -0.2) is 0 Å². The lowest BCUT2D eigenvalue weighted by atomic mass is 9.97. The predicted octanol–water partition coefficient (Wildman–Crippen LogP) is 4.52. The van der Waals surface area contributed by atoms with Crippen molar-refractivity contribution in [1.29, 1.82) is 0 Å². The lowest BCUT2D eigenvalue weighted by Gasteiger charge is -2.12. The highest BCUT2D eigenvalue weighted by atomic mass is 16.5. The third-order valence-corrected chi connectivity index (χ3v) is 3.65. The molecule has 0 spiro atoms. The van der Waals surface area contributed by atoms with Gasteiger partial charge in [-0.2, -0.15) is 0 Å². The number of hydrogen-bond donors (Lipinski definition) is 0. The molecule has 0 fully saturated rings. The van der Waals surface area contributed by atoms with Gasteiger partial charge in [0.05, 0.1) is 12.7 Å². The molecule has 0 aliphatic rings. The minimum atomic E-state index is 0.167. The molecule has 2 nitrogen and oxygen atoms in total. The first-order valence-corrected chi connectivity index (χ1v) is 7.34. The zero-order valence-electron chi connectivity index (χ0n) is 13.0. The summed E-state index contributed by atoms with van der Waals surface area (Å²) in [5, 5.41) is 0. The average molecular weight is 282 g/mol. The molecule has 21 heavy (non-hydrogen) atoms. The SMILES string of the molecule is COc1cc(C)cc(C)c1C(=O)CCCc1ccccc1. The van der Waals surface area contributed by atoms with Gasteiger partial charge in [0.15, 0.2) is 5.78 Å². The summed E-state index contributed by atoms with van der Waals surface area (Å²) in [6.45, 7) is 3.99. The van der Waals surface area contributed by atoms with Crippen LogP contribution in [-0.2, 0) is 6.42 Å². The van der Waals surface area contributed by atoms with Crippen LogP contribution in [0.3, 0.4) is 0 Å². The Kier molecular flexibility index (Phi) is 5.15. The van der Waals surface area contributed by atoms with Crippen molar-refractivity contribution in [1.82, 2.24) is 0 Å². The van der Waals surface area contributed by atoms with Crippen LogP contribution >= 0.6 is 0 Å². The van der Waals surface area contributed by atoms with Crippen LogP contribution in [0, 0.1) is 13.8 Å². The summed E-state index contributed by atoms with van der Waals surface area (Å²) in [5.74, 6) is 0.859.